The molecule has 1 heterocycles. The van der Waals surface area contributed by atoms with Crippen molar-refractivity contribution in [3.05, 3.63) is 47.8 Å². The van der Waals surface area contributed by atoms with Gasteiger partial charge < -0.3 is 14.6 Å². The summed E-state index contributed by atoms with van der Waals surface area (Å²) in [5, 5.41) is 3.28. The topological polar surface area (TPSA) is 39.1 Å². The van der Waals surface area contributed by atoms with Crippen LogP contribution in [0.2, 0.25) is 0 Å². The Balaban J connectivity index is 2.48. The van der Waals surface area contributed by atoms with Crippen molar-refractivity contribution in [2.45, 2.75) is 13.0 Å². The zero-order valence-corrected chi connectivity index (χ0v) is 11.4. The van der Waals surface area contributed by atoms with Crippen molar-refractivity contribution in [2.75, 3.05) is 13.7 Å². The fourth-order valence-corrected chi connectivity index (χ4v) is 2.13. The standard InChI is InChI=1S/C14H18FN3O/c1-4-17-14(11-8-16-9-18(11)2)10-6-5-7-12(19-3)13(10)15/h5-9,14,17H,4H2,1-3H3. The van der Waals surface area contributed by atoms with Gasteiger partial charge in [-0.1, -0.05) is 19.1 Å². The molecule has 0 aliphatic heterocycles. The van der Waals surface area contributed by atoms with Crippen LogP contribution in [-0.4, -0.2) is 23.2 Å². The van der Waals surface area contributed by atoms with Crippen LogP contribution in [0.15, 0.2) is 30.7 Å². The Hall–Kier alpha value is -1.88. The lowest BCUT2D eigenvalue weighted by atomic mass is 10.0. The van der Waals surface area contributed by atoms with Crippen LogP contribution in [0.3, 0.4) is 0 Å². The lowest BCUT2D eigenvalue weighted by Gasteiger charge is -2.20. The molecule has 1 aromatic carbocycles. The fraction of sp³-hybridized carbons (Fsp3) is 0.357. The van der Waals surface area contributed by atoms with Gasteiger partial charge in [-0.05, 0) is 12.6 Å². The quantitative estimate of drug-likeness (QED) is 0.899. The van der Waals surface area contributed by atoms with E-state index in [9.17, 15) is 4.39 Å². The van der Waals surface area contributed by atoms with E-state index in [1.165, 1.54) is 7.11 Å². The summed E-state index contributed by atoms with van der Waals surface area (Å²) >= 11 is 0. The van der Waals surface area contributed by atoms with Gasteiger partial charge in [0.05, 0.1) is 31.4 Å². The first-order chi connectivity index (χ1) is 9.19. The average Bonchev–Trinajstić information content (AvgIpc) is 2.83. The van der Waals surface area contributed by atoms with E-state index >= 15 is 0 Å². The highest BCUT2D eigenvalue weighted by molar-refractivity contribution is 5.36. The molecule has 1 atom stereocenters. The van der Waals surface area contributed by atoms with Crippen molar-refractivity contribution in [1.82, 2.24) is 14.9 Å². The van der Waals surface area contributed by atoms with Crippen LogP contribution < -0.4 is 10.1 Å². The molecule has 19 heavy (non-hydrogen) atoms. The van der Waals surface area contributed by atoms with Gasteiger partial charge in [-0.15, -0.1) is 0 Å². The maximum absolute atomic E-state index is 14.4. The van der Waals surface area contributed by atoms with Crippen LogP contribution >= 0.6 is 0 Å². The highest BCUT2D eigenvalue weighted by atomic mass is 19.1. The van der Waals surface area contributed by atoms with Gasteiger partial charge in [-0.25, -0.2) is 9.37 Å². The molecule has 5 heteroatoms. The number of hydrogen-bond acceptors (Lipinski definition) is 3. The molecule has 0 saturated carbocycles. The number of methoxy groups -OCH3 is 1. The second-order valence-electron chi connectivity index (χ2n) is 4.28. The number of aromatic nitrogens is 2. The minimum atomic E-state index is -0.336. The van der Waals surface area contributed by atoms with Crippen molar-refractivity contribution in [2.24, 2.45) is 7.05 Å². The highest BCUT2D eigenvalue weighted by Crippen LogP contribution is 2.28. The van der Waals surface area contributed by atoms with Gasteiger partial charge in [0.15, 0.2) is 11.6 Å². The zero-order chi connectivity index (χ0) is 13.8. The summed E-state index contributed by atoms with van der Waals surface area (Å²) < 4.78 is 21.3. The van der Waals surface area contributed by atoms with Crippen molar-refractivity contribution in [3.63, 3.8) is 0 Å². The third-order valence-corrected chi connectivity index (χ3v) is 3.08. The summed E-state index contributed by atoms with van der Waals surface area (Å²) in [5.41, 5.74) is 1.47. The minimum Gasteiger partial charge on any atom is -0.494 e. The normalized spacial score (nSPS) is 12.4. The Morgan fingerprint density at radius 1 is 1.47 bits per heavy atom. The predicted molar refractivity (Wildman–Crippen MR) is 71.7 cm³/mol. The maximum Gasteiger partial charge on any atom is 0.170 e. The smallest absolute Gasteiger partial charge is 0.170 e. The van der Waals surface area contributed by atoms with Gasteiger partial charge in [0.1, 0.15) is 0 Å². The number of nitrogens with one attached hydrogen (secondary N) is 1. The average molecular weight is 263 g/mol. The SMILES string of the molecule is CCNC(c1cccc(OC)c1F)c1cncn1C. The van der Waals surface area contributed by atoms with Gasteiger partial charge in [0.25, 0.3) is 0 Å². The van der Waals surface area contributed by atoms with Crippen LogP contribution in [-0.2, 0) is 7.05 Å². The second kappa shape index (κ2) is 5.84. The molecule has 0 saturated heterocycles. The van der Waals surface area contributed by atoms with Crippen molar-refractivity contribution >= 4 is 0 Å². The van der Waals surface area contributed by atoms with E-state index in [1.807, 2.05) is 18.5 Å². The van der Waals surface area contributed by atoms with Crippen molar-refractivity contribution < 1.29 is 9.13 Å². The first-order valence-corrected chi connectivity index (χ1v) is 6.21. The van der Waals surface area contributed by atoms with E-state index in [0.29, 0.717) is 5.56 Å². The van der Waals surface area contributed by atoms with E-state index in [0.717, 1.165) is 12.2 Å². The molecule has 0 aliphatic carbocycles. The van der Waals surface area contributed by atoms with E-state index in [4.69, 9.17) is 4.74 Å². The molecule has 4 nitrogen and oxygen atoms in total. The van der Waals surface area contributed by atoms with Gasteiger partial charge >= 0.3 is 0 Å². The third-order valence-electron chi connectivity index (χ3n) is 3.08. The number of halogens is 1. The molecule has 1 N–H and O–H groups in total. The number of benzene rings is 1. The highest BCUT2D eigenvalue weighted by Gasteiger charge is 2.21. The predicted octanol–water partition coefficient (Wildman–Crippen LogP) is 2.27. The molecule has 0 bridgehead atoms. The number of rotatable bonds is 5. The Kier molecular flexibility index (Phi) is 4.16. The summed E-state index contributed by atoms with van der Waals surface area (Å²) in [5.74, 6) is -0.0836. The Morgan fingerprint density at radius 3 is 2.84 bits per heavy atom. The first-order valence-electron chi connectivity index (χ1n) is 6.21. The molecular formula is C14H18FN3O. The molecule has 102 valence electrons. The second-order valence-corrected chi connectivity index (χ2v) is 4.28. The van der Waals surface area contributed by atoms with Crippen LogP contribution in [0.25, 0.3) is 0 Å². The van der Waals surface area contributed by atoms with Gasteiger partial charge in [0.2, 0.25) is 0 Å². The minimum absolute atomic E-state index is 0.243. The molecule has 2 aromatic rings. The molecule has 0 fully saturated rings. The molecule has 0 aliphatic rings. The molecule has 1 aromatic heterocycles. The molecule has 0 amide bonds. The Bertz CT molecular complexity index is 553. The maximum atomic E-state index is 14.4. The van der Waals surface area contributed by atoms with E-state index in [1.54, 1.807) is 30.7 Å². The Morgan fingerprint density at radius 2 is 2.26 bits per heavy atom. The van der Waals surface area contributed by atoms with E-state index in [-0.39, 0.29) is 17.6 Å². The van der Waals surface area contributed by atoms with Gasteiger partial charge in [-0.3, -0.25) is 0 Å². The number of hydrogen-bond donors (Lipinski definition) is 1. The van der Waals surface area contributed by atoms with Crippen LogP contribution in [0.4, 0.5) is 4.39 Å². The van der Waals surface area contributed by atoms with E-state index in [2.05, 4.69) is 10.3 Å². The largest absolute Gasteiger partial charge is 0.494 e. The van der Waals surface area contributed by atoms with Crippen LogP contribution in [0, 0.1) is 5.82 Å². The number of nitrogens with zero attached hydrogens (tertiary/aromatic N) is 2. The lowest BCUT2D eigenvalue weighted by Crippen LogP contribution is -2.25. The van der Waals surface area contributed by atoms with Gasteiger partial charge in [0, 0.05) is 12.6 Å². The first kappa shape index (κ1) is 13.5. The zero-order valence-electron chi connectivity index (χ0n) is 11.4. The summed E-state index contributed by atoms with van der Waals surface area (Å²) in [7, 11) is 3.36. The molecule has 0 spiro atoms. The van der Waals surface area contributed by atoms with Crippen LogP contribution in [0.1, 0.15) is 24.2 Å². The summed E-state index contributed by atoms with van der Waals surface area (Å²) in [6.07, 6.45) is 3.45. The van der Waals surface area contributed by atoms with Crippen molar-refractivity contribution in [3.8, 4) is 5.75 Å². The summed E-state index contributed by atoms with van der Waals surface area (Å²) in [4.78, 5) is 4.09. The summed E-state index contributed by atoms with van der Waals surface area (Å²) in [6, 6.07) is 4.92. The third kappa shape index (κ3) is 2.61. The monoisotopic (exact) mass is 263 g/mol. The van der Waals surface area contributed by atoms with E-state index < -0.39 is 0 Å². The molecule has 1 unspecified atom stereocenters. The van der Waals surface area contributed by atoms with Crippen molar-refractivity contribution in [1.29, 1.82) is 0 Å². The Labute approximate surface area is 112 Å². The number of ether oxygens (including phenoxy) is 1. The van der Waals surface area contributed by atoms with Gasteiger partial charge in [-0.2, -0.15) is 0 Å². The number of aryl methyl sites for hydroxylation is 1. The fourth-order valence-electron chi connectivity index (χ4n) is 2.13. The summed E-state index contributed by atoms with van der Waals surface area (Å²) in [6.45, 7) is 2.72. The number of imidazole rings is 1. The molecular weight excluding hydrogens is 245 g/mol. The van der Waals surface area contributed by atoms with Crippen LogP contribution in [0.5, 0.6) is 5.75 Å². The molecule has 2 rings (SSSR count). The molecule has 0 radical (unpaired) electrons. The lowest BCUT2D eigenvalue weighted by molar-refractivity contribution is 0.381.